The maximum atomic E-state index is 13.6. The Balaban J connectivity index is 1.97. The minimum Gasteiger partial charge on any atom is -0.488 e. The van der Waals surface area contributed by atoms with Crippen molar-refractivity contribution in [3.05, 3.63) is 94.8 Å². The monoisotopic (exact) mass is 317 g/mol. The molecule has 0 aromatic heterocycles. The van der Waals surface area contributed by atoms with Gasteiger partial charge in [-0.05, 0) is 52.6 Å². The molecular weight excluding hydrogens is 301 g/mol. The van der Waals surface area contributed by atoms with Crippen molar-refractivity contribution in [1.29, 1.82) is 0 Å². The summed E-state index contributed by atoms with van der Waals surface area (Å²) in [5.74, 6) is 0.254. The molecule has 0 fully saturated rings. The first kappa shape index (κ1) is 14.5. The highest BCUT2D eigenvalue weighted by Gasteiger charge is 2.19. The second-order valence-corrected chi connectivity index (χ2v) is 5.81. The van der Waals surface area contributed by atoms with Gasteiger partial charge in [-0.15, -0.1) is 0 Å². The molecule has 3 aromatic rings. The van der Waals surface area contributed by atoms with E-state index in [1.165, 1.54) is 12.1 Å². The fourth-order valence-electron chi connectivity index (χ4n) is 3.02. The first-order valence-corrected chi connectivity index (χ1v) is 7.79. The van der Waals surface area contributed by atoms with E-state index in [0.717, 1.165) is 27.8 Å². The van der Waals surface area contributed by atoms with Gasteiger partial charge < -0.3 is 10.5 Å². The van der Waals surface area contributed by atoms with E-state index in [9.17, 15) is 4.39 Å². The zero-order chi connectivity index (χ0) is 16.5. The Hall–Kier alpha value is -3.07. The SMILES string of the molecule is Nc1cccc(/C=C2\c3ccccc3COc3cc(F)ccc32)c1. The minimum atomic E-state index is -0.303. The average molecular weight is 317 g/mol. The molecule has 1 aliphatic rings. The van der Waals surface area contributed by atoms with Crippen LogP contribution in [0.1, 0.15) is 22.3 Å². The molecule has 0 unspecified atom stereocenters. The third-order valence-corrected chi connectivity index (χ3v) is 4.15. The molecule has 24 heavy (non-hydrogen) atoms. The molecule has 0 atom stereocenters. The van der Waals surface area contributed by atoms with Crippen LogP contribution >= 0.6 is 0 Å². The van der Waals surface area contributed by atoms with E-state index in [2.05, 4.69) is 12.1 Å². The van der Waals surface area contributed by atoms with Crippen LogP contribution in [-0.2, 0) is 6.61 Å². The Morgan fingerprint density at radius 3 is 2.67 bits per heavy atom. The van der Waals surface area contributed by atoms with Crippen LogP contribution in [0.3, 0.4) is 0 Å². The van der Waals surface area contributed by atoms with E-state index in [1.54, 1.807) is 6.07 Å². The Morgan fingerprint density at radius 2 is 1.79 bits per heavy atom. The number of hydrogen-bond acceptors (Lipinski definition) is 2. The van der Waals surface area contributed by atoms with E-state index in [0.29, 0.717) is 18.0 Å². The Labute approximate surface area is 140 Å². The molecule has 0 aliphatic carbocycles. The second-order valence-electron chi connectivity index (χ2n) is 5.81. The fourth-order valence-corrected chi connectivity index (χ4v) is 3.02. The summed E-state index contributed by atoms with van der Waals surface area (Å²) >= 11 is 0. The number of halogens is 1. The molecule has 118 valence electrons. The lowest BCUT2D eigenvalue weighted by molar-refractivity contribution is 0.305. The summed E-state index contributed by atoms with van der Waals surface area (Å²) < 4.78 is 19.5. The van der Waals surface area contributed by atoms with Gasteiger partial charge in [0, 0.05) is 17.3 Å². The molecule has 4 rings (SSSR count). The second kappa shape index (κ2) is 5.85. The predicted octanol–water partition coefficient (Wildman–Crippen LogP) is 4.89. The minimum absolute atomic E-state index is 0.303. The molecule has 0 spiro atoms. The maximum Gasteiger partial charge on any atom is 0.130 e. The molecule has 2 nitrogen and oxygen atoms in total. The van der Waals surface area contributed by atoms with Crippen molar-refractivity contribution in [1.82, 2.24) is 0 Å². The molecule has 0 saturated carbocycles. The highest BCUT2D eigenvalue weighted by Crippen LogP contribution is 2.38. The number of nitrogen functional groups attached to an aromatic ring is 1. The van der Waals surface area contributed by atoms with Crippen molar-refractivity contribution in [2.75, 3.05) is 5.73 Å². The van der Waals surface area contributed by atoms with E-state index in [1.807, 2.05) is 42.5 Å². The average Bonchev–Trinajstić information content (AvgIpc) is 2.73. The number of anilines is 1. The van der Waals surface area contributed by atoms with Gasteiger partial charge >= 0.3 is 0 Å². The van der Waals surface area contributed by atoms with Crippen molar-refractivity contribution >= 4 is 17.3 Å². The van der Waals surface area contributed by atoms with Gasteiger partial charge in [0.2, 0.25) is 0 Å². The van der Waals surface area contributed by atoms with Crippen molar-refractivity contribution in [2.24, 2.45) is 0 Å². The van der Waals surface area contributed by atoms with Crippen LogP contribution in [0, 0.1) is 5.82 Å². The van der Waals surface area contributed by atoms with Crippen LogP contribution < -0.4 is 10.5 Å². The third kappa shape index (κ3) is 2.65. The van der Waals surface area contributed by atoms with Gasteiger partial charge in [-0.25, -0.2) is 4.39 Å². The van der Waals surface area contributed by atoms with Crippen molar-refractivity contribution in [3.8, 4) is 5.75 Å². The van der Waals surface area contributed by atoms with Crippen molar-refractivity contribution in [2.45, 2.75) is 6.61 Å². The summed E-state index contributed by atoms with van der Waals surface area (Å²) in [6.07, 6.45) is 2.07. The molecule has 0 amide bonds. The molecule has 1 aliphatic heterocycles. The number of rotatable bonds is 1. The molecule has 0 saturated heterocycles. The van der Waals surface area contributed by atoms with Gasteiger partial charge in [0.05, 0.1) is 0 Å². The largest absolute Gasteiger partial charge is 0.488 e. The lowest BCUT2D eigenvalue weighted by Gasteiger charge is -2.11. The Morgan fingerprint density at radius 1 is 0.917 bits per heavy atom. The summed E-state index contributed by atoms with van der Waals surface area (Å²) in [6, 6.07) is 20.5. The molecule has 0 bridgehead atoms. The predicted molar refractivity (Wildman–Crippen MR) is 95.0 cm³/mol. The third-order valence-electron chi connectivity index (χ3n) is 4.15. The summed E-state index contributed by atoms with van der Waals surface area (Å²) in [5.41, 5.74) is 11.7. The van der Waals surface area contributed by atoms with E-state index < -0.39 is 0 Å². The zero-order valence-electron chi connectivity index (χ0n) is 13.0. The molecule has 2 N–H and O–H groups in total. The molecule has 3 heteroatoms. The number of benzene rings is 3. The number of hydrogen-bond donors (Lipinski definition) is 1. The van der Waals surface area contributed by atoms with E-state index >= 15 is 0 Å². The summed E-state index contributed by atoms with van der Waals surface area (Å²) in [6.45, 7) is 0.418. The van der Waals surface area contributed by atoms with Gasteiger partial charge in [0.25, 0.3) is 0 Å². The Kier molecular flexibility index (Phi) is 3.54. The molecule has 3 aromatic carbocycles. The standard InChI is InChI=1S/C21H16FNO/c22-16-8-9-19-20(11-14-4-3-6-17(23)10-14)18-7-2-1-5-15(18)13-24-21(19)12-16/h1-12H,13,23H2/b20-11+. The van der Waals surface area contributed by atoms with E-state index in [4.69, 9.17) is 10.5 Å². The van der Waals surface area contributed by atoms with Gasteiger partial charge in [-0.3, -0.25) is 0 Å². The number of ether oxygens (including phenoxy) is 1. The van der Waals surface area contributed by atoms with Gasteiger partial charge in [-0.1, -0.05) is 36.4 Å². The van der Waals surface area contributed by atoms with Crippen LogP contribution in [0.4, 0.5) is 10.1 Å². The highest BCUT2D eigenvalue weighted by atomic mass is 19.1. The van der Waals surface area contributed by atoms with Crippen LogP contribution in [0.2, 0.25) is 0 Å². The van der Waals surface area contributed by atoms with Crippen molar-refractivity contribution < 1.29 is 9.13 Å². The van der Waals surface area contributed by atoms with E-state index in [-0.39, 0.29) is 5.82 Å². The number of fused-ring (bicyclic) bond motifs is 2. The van der Waals surface area contributed by atoms with Gasteiger partial charge in [0.1, 0.15) is 18.2 Å². The van der Waals surface area contributed by atoms with Crippen molar-refractivity contribution in [3.63, 3.8) is 0 Å². The van der Waals surface area contributed by atoms with Crippen LogP contribution in [-0.4, -0.2) is 0 Å². The van der Waals surface area contributed by atoms with Crippen LogP contribution in [0.5, 0.6) is 5.75 Å². The topological polar surface area (TPSA) is 35.2 Å². The summed E-state index contributed by atoms with van der Waals surface area (Å²) in [7, 11) is 0. The first-order valence-electron chi connectivity index (χ1n) is 7.79. The van der Waals surface area contributed by atoms with Crippen LogP contribution in [0.25, 0.3) is 11.6 Å². The first-order chi connectivity index (χ1) is 11.7. The molecular formula is C21H16FNO. The normalized spacial score (nSPS) is 14.5. The smallest absolute Gasteiger partial charge is 0.130 e. The zero-order valence-corrected chi connectivity index (χ0v) is 13.0. The highest BCUT2D eigenvalue weighted by molar-refractivity contribution is 5.95. The Bertz CT molecular complexity index is 946. The van der Waals surface area contributed by atoms with Crippen LogP contribution in [0.15, 0.2) is 66.7 Å². The lowest BCUT2D eigenvalue weighted by Crippen LogP contribution is -1.95. The quantitative estimate of drug-likeness (QED) is 0.649. The van der Waals surface area contributed by atoms with Gasteiger partial charge in [0.15, 0.2) is 0 Å². The fraction of sp³-hybridized carbons (Fsp3) is 0.0476. The maximum absolute atomic E-state index is 13.6. The lowest BCUT2D eigenvalue weighted by atomic mass is 9.92. The summed E-state index contributed by atoms with van der Waals surface area (Å²) in [5, 5.41) is 0. The van der Waals surface area contributed by atoms with Gasteiger partial charge in [-0.2, -0.15) is 0 Å². The number of nitrogens with two attached hydrogens (primary N) is 1. The molecule has 0 radical (unpaired) electrons. The summed E-state index contributed by atoms with van der Waals surface area (Å²) in [4.78, 5) is 0. The molecule has 1 heterocycles.